The zero-order valence-corrected chi connectivity index (χ0v) is 16.3. The molecule has 140 valence electrons. The lowest BCUT2D eigenvalue weighted by atomic mass is 10.0. The van der Waals surface area contributed by atoms with Crippen molar-refractivity contribution in [1.29, 1.82) is 0 Å². The Morgan fingerprint density at radius 1 is 1.12 bits per heavy atom. The second-order valence-electron chi connectivity index (χ2n) is 7.47. The number of hydrogen-bond donors (Lipinski definition) is 0. The molecule has 0 saturated carbocycles. The predicted octanol–water partition coefficient (Wildman–Crippen LogP) is 1.58. The zero-order valence-electron chi connectivity index (χ0n) is 16.3. The van der Waals surface area contributed by atoms with Gasteiger partial charge in [-0.2, -0.15) is 0 Å². The van der Waals surface area contributed by atoms with Crippen LogP contribution in [0.5, 0.6) is 0 Å². The molecule has 0 spiro atoms. The van der Waals surface area contributed by atoms with Crippen LogP contribution in [-0.4, -0.2) is 43.2 Å². The van der Waals surface area contributed by atoms with E-state index in [9.17, 15) is 9.59 Å². The van der Waals surface area contributed by atoms with Crippen LogP contribution in [0.25, 0.3) is 11.2 Å². The third kappa shape index (κ3) is 4.21. The molecule has 1 atom stereocenters. The van der Waals surface area contributed by atoms with Crippen LogP contribution in [0, 0.1) is 5.92 Å². The molecule has 25 heavy (non-hydrogen) atoms. The molecule has 0 saturated heterocycles. The molecular weight excluding hydrogens is 318 g/mol. The van der Waals surface area contributed by atoms with Crippen molar-refractivity contribution >= 4 is 11.2 Å². The Labute approximate surface area is 148 Å². The number of nitrogens with zero attached hydrogens (tertiary/aromatic N) is 5. The molecule has 0 aliphatic carbocycles. The van der Waals surface area contributed by atoms with Crippen molar-refractivity contribution in [3.63, 3.8) is 0 Å². The van der Waals surface area contributed by atoms with Crippen molar-refractivity contribution in [1.82, 2.24) is 23.6 Å². The van der Waals surface area contributed by atoms with E-state index in [1.807, 2.05) is 4.57 Å². The van der Waals surface area contributed by atoms with Gasteiger partial charge in [0.2, 0.25) is 0 Å². The molecular formula is C18H31N5O2. The Morgan fingerprint density at radius 2 is 1.80 bits per heavy atom. The van der Waals surface area contributed by atoms with Gasteiger partial charge in [0.1, 0.15) is 0 Å². The fourth-order valence-corrected chi connectivity index (χ4v) is 3.09. The summed E-state index contributed by atoms with van der Waals surface area (Å²) in [6.45, 7) is 8.27. The van der Waals surface area contributed by atoms with E-state index in [1.54, 1.807) is 13.4 Å². The van der Waals surface area contributed by atoms with Gasteiger partial charge >= 0.3 is 5.69 Å². The topological polar surface area (TPSA) is 65.1 Å². The van der Waals surface area contributed by atoms with E-state index in [-0.39, 0.29) is 11.2 Å². The summed E-state index contributed by atoms with van der Waals surface area (Å²) in [5.74, 6) is 0.748. The molecule has 0 aliphatic heterocycles. The summed E-state index contributed by atoms with van der Waals surface area (Å²) >= 11 is 0. The van der Waals surface area contributed by atoms with Gasteiger partial charge in [0, 0.05) is 33.2 Å². The maximum atomic E-state index is 12.4. The number of hydrogen-bond acceptors (Lipinski definition) is 4. The van der Waals surface area contributed by atoms with Crippen LogP contribution in [0.2, 0.25) is 0 Å². The molecule has 1 unspecified atom stereocenters. The normalized spacial score (nSPS) is 13.3. The lowest BCUT2D eigenvalue weighted by Gasteiger charge is -2.25. The van der Waals surface area contributed by atoms with Crippen molar-refractivity contribution in [3.05, 3.63) is 27.2 Å². The van der Waals surface area contributed by atoms with E-state index in [0.717, 1.165) is 17.0 Å². The quantitative estimate of drug-likeness (QED) is 0.726. The summed E-state index contributed by atoms with van der Waals surface area (Å²) in [5, 5.41) is 0. The monoisotopic (exact) mass is 349 g/mol. The molecule has 0 fully saturated rings. The van der Waals surface area contributed by atoms with E-state index < -0.39 is 0 Å². The third-order valence-electron chi connectivity index (χ3n) is 5.07. The number of likely N-dealkylation sites (N-methyl/N-ethyl adjacent to an activating group) is 1. The highest BCUT2D eigenvalue weighted by molar-refractivity contribution is 5.69. The highest BCUT2D eigenvalue weighted by Gasteiger charge is 2.15. The first-order valence-electron chi connectivity index (χ1n) is 9.05. The minimum absolute atomic E-state index is 0.289. The van der Waals surface area contributed by atoms with E-state index in [2.05, 4.69) is 37.7 Å². The van der Waals surface area contributed by atoms with Gasteiger partial charge in [-0.1, -0.05) is 26.7 Å². The van der Waals surface area contributed by atoms with Crippen molar-refractivity contribution in [3.8, 4) is 0 Å². The second kappa shape index (κ2) is 7.99. The van der Waals surface area contributed by atoms with Gasteiger partial charge in [-0.3, -0.25) is 13.9 Å². The summed E-state index contributed by atoms with van der Waals surface area (Å²) in [7, 11) is 5.27. The third-order valence-corrected chi connectivity index (χ3v) is 5.07. The highest BCUT2D eigenvalue weighted by atomic mass is 16.2. The van der Waals surface area contributed by atoms with Gasteiger partial charge in [-0.15, -0.1) is 0 Å². The average molecular weight is 349 g/mol. The van der Waals surface area contributed by atoms with Gasteiger partial charge < -0.3 is 9.47 Å². The number of imidazole rings is 1. The molecule has 0 aromatic carbocycles. The zero-order chi connectivity index (χ0) is 18.7. The Hall–Kier alpha value is -1.89. The van der Waals surface area contributed by atoms with Crippen LogP contribution in [0.15, 0.2) is 15.9 Å². The summed E-state index contributed by atoms with van der Waals surface area (Å²) in [6, 6.07) is 0.501. The Bertz CT molecular complexity index is 830. The summed E-state index contributed by atoms with van der Waals surface area (Å²) in [5.41, 5.74) is 0.299. The molecule has 0 amide bonds. The van der Waals surface area contributed by atoms with E-state index in [4.69, 9.17) is 0 Å². The molecule has 0 bridgehead atoms. The first-order chi connectivity index (χ1) is 11.7. The van der Waals surface area contributed by atoms with Gasteiger partial charge in [0.05, 0.1) is 6.33 Å². The van der Waals surface area contributed by atoms with Crippen molar-refractivity contribution in [2.24, 2.45) is 20.0 Å². The molecule has 2 rings (SSSR count). The van der Waals surface area contributed by atoms with Crippen molar-refractivity contribution < 1.29 is 0 Å². The first kappa shape index (κ1) is 19.4. The summed E-state index contributed by atoms with van der Waals surface area (Å²) in [4.78, 5) is 31.0. The largest absolute Gasteiger partial charge is 0.332 e. The standard InChI is InChI=1S/C18H31N5O2/c1-13(2)8-7-9-14(3)20(4)10-11-23-12-19-16-15(23)17(24)22(6)18(25)21(16)5/h12-14H,7-11H2,1-6H3. The maximum absolute atomic E-state index is 12.4. The fraction of sp³-hybridized carbons (Fsp3) is 0.722. The van der Waals surface area contributed by atoms with Gasteiger partial charge in [-0.05, 0) is 26.3 Å². The van der Waals surface area contributed by atoms with Crippen LogP contribution in [0.3, 0.4) is 0 Å². The smallest absolute Gasteiger partial charge is 0.323 e. The summed E-state index contributed by atoms with van der Waals surface area (Å²) in [6.07, 6.45) is 5.33. The lowest BCUT2D eigenvalue weighted by molar-refractivity contribution is 0.231. The minimum atomic E-state index is -0.348. The molecule has 0 radical (unpaired) electrons. The number of aromatic nitrogens is 4. The van der Waals surface area contributed by atoms with Crippen LogP contribution in [-0.2, 0) is 20.6 Å². The van der Waals surface area contributed by atoms with Crippen LogP contribution in [0.1, 0.15) is 40.0 Å². The predicted molar refractivity (Wildman–Crippen MR) is 101 cm³/mol. The average Bonchev–Trinajstić information content (AvgIpc) is 2.99. The van der Waals surface area contributed by atoms with E-state index in [0.29, 0.717) is 23.8 Å². The lowest BCUT2D eigenvalue weighted by Crippen LogP contribution is -2.38. The van der Waals surface area contributed by atoms with Crippen molar-refractivity contribution in [2.45, 2.75) is 52.6 Å². The van der Waals surface area contributed by atoms with Crippen LogP contribution in [0.4, 0.5) is 0 Å². The summed E-state index contributed by atoms with van der Waals surface area (Å²) < 4.78 is 4.42. The van der Waals surface area contributed by atoms with Crippen LogP contribution >= 0.6 is 0 Å². The minimum Gasteiger partial charge on any atom is -0.323 e. The van der Waals surface area contributed by atoms with Gasteiger partial charge in [-0.25, -0.2) is 9.78 Å². The van der Waals surface area contributed by atoms with Crippen molar-refractivity contribution in [2.75, 3.05) is 13.6 Å². The van der Waals surface area contributed by atoms with Gasteiger partial charge in [0.25, 0.3) is 5.56 Å². The molecule has 2 aromatic heterocycles. The Kier molecular flexibility index (Phi) is 6.21. The molecule has 0 aliphatic rings. The number of fused-ring (bicyclic) bond motifs is 1. The van der Waals surface area contributed by atoms with Gasteiger partial charge in [0.15, 0.2) is 11.2 Å². The molecule has 7 heteroatoms. The highest BCUT2D eigenvalue weighted by Crippen LogP contribution is 2.12. The van der Waals surface area contributed by atoms with Crippen LogP contribution < -0.4 is 11.2 Å². The van der Waals surface area contributed by atoms with E-state index in [1.165, 1.54) is 30.9 Å². The first-order valence-corrected chi connectivity index (χ1v) is 9.05. The van der Waals surface area contributed by atoms with E-state index >= 15 is 0 Å². The number of aryl methyl sites for hydroxylation is 1. The number of rotatable bonds is 8. The molecule has 2 heterocycles. The second-order valence-corrected chi connectivity index (χ2v) is 7.47. The molecule has 0 N–H and O–H groups in total. The Morgan fingerprint density at radius 3 is 2.44 bits per heavy atom. The molecule has 2 aromatic rings. The fourth-order valence-electron chi connectivity index (χ4n) is 3.09. The SMILES string of the molecule is CC(C)CCCC(C)N(C)CCn1cnc2c1c(=O)n(C)c(=O)n2C. The molecule has 7 nitrogen and oxygen atoms in total. The maximum Gasteiger partial charge on any atom is 0.332 e. The Balaban J connectivity index is 2.09.